The molecule has 0 aliphatic carbocycles. The Balaban J connectivity index is 1.59. The Hall–Kier alpha value is -3.06. The standard InChI is InChI=1S/C18H19N5O2/c24-12-17(10-14-4-2-1-3-5-14)20-18(25)16-8-6-15(7-9-16)11-23-13-19-21-22-23/h1-9,13,17,24H,10-12H2,(H,20,25)/t17-/m1/s1. The van der Waals surface area contributed by atoms with Gasteiger partial charge in [0.05, 0.1) is 19.2 Å². The number of nitrogens with zero attached hydrogens (tertiary/aromatic N) is 4. The fourth-order valence-corrected chi connectivity index (χ4v) is 2.53. The number of hydrogen-bond donors (Lipinski definition) is 2. The molecular formula is C18H19N5O2. The fourth-order valence-electron chi connectivity index (χ4n) is 2.53. The van der Waals surface area contributed by atoms with Gasteiger partial charge in [-0.25, -0.2) is 4.68 Å². The Morgan fingerprint density at radius 1 is 1.08 bits per heavy atom. The van der Waals surface area contributed by atoms with Crippen LogP contribution in [0, 0.1) is 0 Å². The van der Waals surface area contributed by atoms with E-state index in [0.29, 0.717) is 18.5 Å². The zero-order valence-electron chi connectivity index (χ0n) is 13.6. The SMILES string of the molecule is O=C(N[C@@H](CO)Cc1ccccc1)c1ccc(Cn2cnnn2)cc1. The van der Waals surface area contributed by atoms with Gasteiger partial charge in [0.15, 0.2) is 0 Å². The number of tetrazole rings is 1. The van der Waals surface area contributed by atoms with Crippen molar-refractivity contribution in [1.29, 1.82) is 0 Å². The summed E-state index contributed by atoms with van der Waals surface area (Å²) in [7, 11) is 0. The maximum absolute atomic E-state index is 12.4. The second kappa shape index (κ2) is 8.16. The number of carbonyl (C=O) groups excluding carboxylic acids is 1. The van der Waals surface area contributed by atoms with Gasteiger partial charge in [-0.1, -0.05) is 42.5 Å². The van der Waals surface area contributed by atoms with Crippen molar-refractivity contribution < 1.29 is 9.90 Å². The number of benzene rings is 2. The van der Waals surface area contributed by atoms with Crippen molar-refractivity contribution in [3.63, 3.8) is 0 Å². The molecule has 0 aliphatic heterocycles. The fraction of sp³-hybridized carbons (Fsp3) is 0.222. The predicted octanol–water partition coefficient (Wildman–Crippen LogP) is 1.05. The van der Waals surface area contributed by atoms with Crippen molar-refractivity contribution in [2.45, 2.75) is 19.0 Å². The molecule has 0 fully saturated rings. The van der Waals surface area contributed by atoms with Gasteiger partial charge in [0.1, 0.15) is 6.33 Å². The van der Waals surface area contributed by atoms with Crippen molar-refractivity contribution in [3.05, 3.63) is 77.6 Å². The Morgan fingerprint density at radius 2 is 1.84 bits per heavy atom. The summed E-state index contributed by atoms with van der Waals surface area (Å²) in [5.74, 6) is -0.205. The van der Waals surface area contributed by atoms with E-state index in [9.17, 15) is 9.90 Å². The summed E-state index contributed by atoms with van der Waals surface area (Å²) in [4.78, 5) is 12.4. The Kier molecular flexibility index (Phi) is 5.48. The second-order valence-electron chi connectivity index (χ2n) is 5.75. The predicted molar refractivity (Wildman–Crippen MR) is 91.8 cm³/mol. The van der Waals surface area contributed by atoms with E-state index in [1.165, 1.54) is 6.33 Å². The number of aliphatic hydroxyl groups is 1. The minimum Gasteiger partial charge on any atom is -0.394 e. The normalized spacial score (nSPS) is 11.9. The average molecular weight is 337 g/mol. The number of amides is 1. The highest BCUT2D eigenvalue weighted by molar-refractivity contribution is 5.94. The topological polar surface area (TPSA) is 92.9 Å². The minimum absolute atomic E-state index is 0.113. The van der Waals surface area contributed by atoms with Crippen LogP contribution in [0.25, 0.3) is 0 Å². The van der Waals surface area contributed by atoms with E-state index in [-0.39, 0.29) is 18.6 Å². The molecule has 7 nitrogen and oxygen atoms in total. The molecule has 1 atom stereocenters. The number of aliphatic hydroxyl groups excluding tert-OH is 1. The highest BCUT2D eigenvalue weighted by atomic mass is 16.3. The Morgan fingerprint density at radius 3 is 2.48 bits per heavy atom. The van der Waals surface area contributed by atoms with Crippen LogP contribution in [0.1, 0.15) is 21.5 Å². The van der Waals surface area contributed by atoms with E-state index in [1.807, 2.05) is 42.5 Å². The summed E-state index contributed by atoms with van der Waals surface area (Å²) in [6.07, 6.45) is 2.12. The lowest BCUT2D eigenvalue weighted by atomic mass is 10.1. The van der Waals surface area contributed by atoms with Crippen LogP contribution >= 0.6 is 0 Å². The number of rotatable bonds is 7. The van der Waals surface area contributed by atoms with E-state index < -0.39 is 0 Å². The molecule has 2 N–H and O–H groups in total. The van der Waals surface area contributed by atoms with Crippen LogP contribution in [0.2, 0.25) is 0 Å². The monoisotopic (exact) mass is 337 g/mol. The highest BCUT2D eigenvalue weighted by Gasteiger charge is 2.13. The quantitative estimate of drug-likeness (QED) is 0.672. The average Bonchev–Trinajstić information content (AvgIpc) is 3.15. The maximum atomic E-state index is 12.4. The maximum Gasteiger partial charge on any atom is 0.251 e. The largest absolute Gasteiger partial charge is 0.394 e. The summed E-state index contributed by atoms with van der Waals surface area (Å²) in [6.45, 7) is 0.431. The van der Waals surface area contributed by atoms with Crippen LogP contribution < -0.4 is 5.32 Å². The molecule has 1 aromatic heterocycles. The van der Waals surface area contributed by atoms with Gasteiger partial charge in [-0.05, 0) is 40.1 Å². The second-order valence-corrected chi connectivity index (χ2v) is 5.75. The van der Waals surface area contributed by atoms with Gasteiger partial charge < -0.3 is 10.4 Å². The summed E-state index contributed by atoms with van der Waals surface area (Å²) in [5, 5.41) is 23.4. The molecule has 25 heavy (non-hydrogen) atoms. The van der Waals surface area contributed by atoms with Crippen LogP contribution in [0.4, 0.5) is 0 Å². The third kappa shape index (κ3) is 4.71. The third-order valence-electron chi connectivity index (χ3n) is 3.83. The van der Waals surface area contributed by atoms with E-state index >= 15 is 0 Å². The van der Waals surface area contributed by atoms with Gasteiger partial charge in [0, 0.05) is 5.56 Å². The lowest BCUT2D eigenvalue weighted by Crippen LogP contribution is -2.39. The summed E-state index contributed by atoms with van der Waals surface area (Å²) in [5.41, 5.74) is 2.61. The van der Waals surface area contributed by atoms with Gasteiger partial charge in [-0.2, -0.15) is 0 Å². The molecule has 0 saturated heterocycles. The third-order valence-corrected chi connectivity index (χ3v) is 3.83. The van der Waals surface area contributed by atoms with Crippen molar-refractivity contribution >= 4 is 5.91 Å². The zero-order valence-corrected chi connectivity index (χ0v) is 13.6. The molecule has 0 unspecified atom stereocenters. The first-order chi connectivity index (χ1) is 12.2. The van der Waals surface area contributed by atoms with E-state index in [1.54, 1.807) is 16.8 Å². The Labute approximate surface area is 145 Å². The number of carbonyl (C=O) groups is 1. The molecule has 3 rings (SSSR count). The summed E-state index contributed by atoms with van der Waals surface area (Å²) < 4.78 is 1.61. The van der Waals surface area contributed by atoms with Crippen LogP contribution in [-0.2, 0) is 13.0 Å². The minimum atomic E-state index is -0.323. The van der Waals surface area contributed by atoms with E-state index in [2.05, 4.69) is 20.8 Å². The molecule has 3 aromatic rings. The number of nitrogens with one attached hydrogen (secondary N) is 1. The molecule has 2 aromatic carbocycles. The van der Waals surface area contributed by atoms with Gasteiger partial charge in [0.25, 0.3) is 5.91 Å². The van der Waals surface area contributed by atoms with E-state index in [0.717, 1.165) is 11.1 Å². The molecule has 0 radical (unpaired) electrons. The molecular weight excluding hydrogens is 318 g/mol. The lowest BCUT2D eigenvalue weighted by molar-refractivity contribution is 0.0916. The first-order valence-electron chi connectivity index (χ1n) is 8.00. The van der Waals surface area contributed by atoms with Crippen molar-refractivity contribution in [2.24, 2.45) is 0 Å². The summed E-state index contributed by atoms with van der Waals surface area (Å²) >= 11 is 0. The van der Waals surface area contributed by atoms with Crippen molar-refractivity contribution in [3.8, 4) is 0 Å². The first kappa shape index (κ1) is 16.8. The smallest absolute Gasteiger partial charge is 0.251 e. The molecule has 0 saturated carbocycles. The van der Waals surface area contributed by atoms with Crippen LogP contribution in [0.15, 0.2) is 60.9 Å². The molecule has 1 amide bonds. The van der Waals surface area contributed by atoms with Crippen LogP contribution in [0.5, 0.6) is 0 Å². The molecule has 0 spiro atoms. The molecule has 7 heteroatoms. The van der Waals surface area contributed by atoms with Gasteiger partial charge >= 0.3 is 0 Å². The molecule has 128 valence electrons. The number of aromatic nitrogens is 4. The first-order valence-corrected chi connectivity index (χ1v) is 8.00. The van der Waals surface area contributed by atoms with E-state index in [4.69, 9.17) is 0 Å². The number of hydrogen-bond acceptors (Lipinski definition) is 5. The zero-order chi connectivity index (χ0) is 17.5. The van der Waals surface area contributed by atoms with Gasteiger partial charge in [-0.15, -0.1) is 5.10 Å². The summed E-state index contributed by atoms with van der Waals surface area (Å²) in [6, 6.07) is 16.7. The lowest BCUT2D eigenvalue weighted by Gasteiger charge is -2.16. The van der Waals surface area contributed by atoms with Gasteiger partial charge in [0.2, 0.25) is 0 Å². The van der Waals surface area contributed by atoms with Crippen molar-refractivity contribution in [1.82, 2.24) is 25.5 Å². The van der Waals surface area contributed by atoms with Gasteiger partial charge in [-0.3, -0.25) is 4.79 Å². The van der Waals surface area contributed by atoms with Crippen molar-refractivity contribution in [2.75, 3.05) is 6.61 Å². The molecule has 0 aliphatic rings. The Bertz CT molecular complexity index is 788. The highest BCUT2D eigenvalue weighted by Crippen LogP contribution is 2.08. The van der Waals surface area contributed by atoms with Crippen LogP contribution in [-0.4, -0.2) is 43.9 Å². The van der Waals surface area contributed by atoms with Crippen LogP contribution in [0.3, 0.4) is 0 Å². The molecule has 0 bridgehead atoms. The molecule has 1 heterocycles.